The molecule has 2 amide bonds. The maximum Gasteiger partial charge on any atom is 0.254 e. The van der Waals surface area contributed by atoms with Crippen LogP contribution in [-0.2, 0) is 16.1 Å². The van der Waals surface area contributed by atoms with Crippen LogP contribution in [0.1, 0.15) is 21.5 Å². The molecule has 3 heterocycles. The number of likely N-dealkylation sites (tertiary alicyclic amines) is 1. The largest absolute Gasteiger partial charge is 0.368 e. The van der Waals surface area contributed by atoms with E-state index < -0.39 is 5.60 Å². The van der Waals surface area contributed by atoms with E-state index in [1.165, 1.54) is 0 Å². The summed E-state index contributed by atoms with van der Waals surface area (Å²) in [4.78, 5) is 33.0. The summed E-state index contributed by atoms with van der Waals surface area (Å²) >= 11 is 0. The monoisotopic (exact) mass is 405 g/mol. The first-order chi connectivity index (χ1) is 14.5. The zero-order valence-electron chi connectivity index (χ0n) is 16.7. The predicted octanol–water partition coefficient (Wildman–Crippen LogP) is 0.795. The highest BCUT2D eigenvalue weighted by Gasteiger charge is 2.51. The third-order valence-corrected chi connectivity index (χ3v) is 5.59. The van der Waals surface area contributed by atoms with Crippen LogP contribution in [0.3, 0.4) is 0 Å². The van der Waals surface area contributed by atoms with Gasteiger partial charge in [0.2, 0.25) is 5.91 Å². The molecule has 1 spiro atoms. The molecule has 1 aromatic heterocycles. The first-order valence-corrected chi connectivity index (χ1v) is 9.80. The van der Waals surface area contributed by atoms with E-state index in [2.05, 4.69) is 16.4 Å². The fourth-order valence-corrected chi connectivity index (χ4v) is 3.97. The summed E-state index contributed by atoms with van der Waals surface area (Å²) in [7, 11) is 1.90. The Labute approximate surface area is 175 Å². The third kappa shape index (κ3) is 4.03. The van der Waals surface area contributed by atoms with Crippen LogP contribution >= 0.6 is 0 Å². The smallest absolute Gasteiger partial charge is 0.254 e. The number of amides is 2. The van der Waals surface area contributed by atoms with Crippen LogP contribution in [0.15, 0.2) is 48.8 Å². The van der Waals surface area contributed by atoms with Crippen molar-refractivity contribution in [2.45, 2.75) is 18.2 Å². The van der Waals surface area contributed by atoms with Gasteiger partial charge in [0.15, 0.2) is 0 Å². The molecule has 1 N–H and O–H groups in total. The summed E-state index contributed by atoms with van der Waals surface area (Å²) in [6.45, 7) is 2.21. The second-order valence-electron chi connectivity index (χ2n) is 7.86. The van der Waals surface area contributed by atoms with Gasteiger partial charge in [0.1, 0.15) is 11.6 Å². The number of benzene rings is 1. The van der Waals surface area contributed by atoms with Crippen molar-refractivity contribution < 1.29 is 14.3 Å². The minimum Gasteiger partial charge on any atom is -0.368 e. The van der Waals surface area contributed by atoms with Gasteiger partial charge in [0.25, 0.3) is 5.91 Å². The van der Waals surface area contributed by atoms with Crippen molar-refractivity contribution >= 4 is 11.8 Å². The van der Waals surface area contributed by atoms with E-state index in [1.807, 2.05) is 24.1 Å². The van der Waals surface area contributed by atoms with Crippen LogP contribution in [0, 0.1) is 11.3 Å². The standard InChI is InChI=1S/C22H23N5O3/c1-26-13-22(14-27(15-22)21(29)18-6-2-4-16(8-18)9-23)30-12-19(26)20(28)25-11-17-5-3-7-24-10-17/h2-8,10,19H,11-15H2,1H3,(H,25,28)/t19-/m1/s1. The fraction of sp³-hybridized carbons (Fsp3) is 0.364. The van der Waals surface area contributed by atoms with Gasteiger partial charge in [0.05, 0.1) is 31.3 Å². The van der Waals surface area contributed by atoms with E-state index >= 15 is 0 Å². The van der Waals surface area contributed by atoms with E-state index in [1.54, 1.807) is 41.6 Å². The average Bonchev–Trinajstić information content (AvgIpc) is 2.76. The van der Waals surface area contributed by atoms with Gasteiger partial charge in [-0.2, -0.15) is 5.26 Å². The molecule has 2 aliphatic rings. The number of aromatic nitrogens is 1. The number of hydrogen-bond acceptors (Lipinski definition) is 6. The Kier molecular flexibility index (Phi) is 5.48. The quantitative estimate of drug-likeness (QED) is 0.808. The Morgan fingerprint density at radius 2 is 2.13 bits per heavy atom. The summed E-state index contributed by atoms with van der Waals surface area (Å²) in [6, 6.07) is 12.1. The van der Waals surface area contributed by atoms with Crippen molar-refractivity contribution in [1.82, 2.24) is 20.1 Å². The molecule has 0 aliphatic carbocycles. The molecule has 2 fully saturated rings. The highest BCUT2D eigenvalue weighted by atomic mass is 16.5. The van der Waals surface area contributed by atoms with Crippen LogP contribution < -0.4 is 5.32 Å². The Morgan fingerprint density at radius 3 is 2.83 bits per heavy atom. The molecule has 30 heavy (non-hydrogen) atoms. The lowest BCUT2D eigenvalue weighted by Gasteiger charge is -2.54. The van der Waals surface area contributed by atoms with E-state index in [-0.39, 0.29) is 24.5 Å². The van der Waals surface area contributed by atoms with Gasteiger partial charge in [-0.25, -0.2) is 0 Å². The summed E-state index contributed by atoms with van der Waals surface area (Å²) in [5.41, 5.74) is 1.46. The molecular weight excluding hydrogens is 382 g/mol. The second-order valence-corrected chi connectivity index (χ2v) is 7.86. The van der Waals surface area contributed by atoms with Crippen molar-refractivity contribution in [3.05, 3.63) is 65.5 Å². The molecule has 2 aromatic rings. The Hall–Kier alpha value is -3.28. The number of likely N-dealkylation sites (N-methyl/N-ethyl adjacent to an activating group) is 1. The highest BCUT2D eigenvalue weighted by Crippen LogP contribution is 2.31. The van der Waals surface area contributed by atoms with E-state index in [0.29, 0.717) is 37.3 Å². The molecule has 8 nitrogen and oxygen atoms in total. The molecule has 0 unspecified atom stereocenters. The Balaban J connectivity index is 1.30. The molecule has 1 atom stereocenters. The van der Waals surface area contributed by atoms with Gasteiger partial charge in [-0.3, -0.25) is 19.5 Å². The molecule has 2 saturated heterocycles. The zero-order valence-corrected chi connectivity index (χ0v) is 16.7. The maximum absolute atomic E-state index is 12.7. The lowest BCUT2D eigenvalue weighted by Crippen LogP contribution is -2.73. The summed E-state index contributed by atoms with van der Waals surface area (Å²) in [5, 5.41) is 11.9. The number of morpholine rings is 1. The average molecular weight is 405 g/mol. The molecule has 4 rings (SSSR count). The fourth-order valence-electron chi connectivity index (χ4n) is 3.97. The van der Waals surface area contributed by atoms with E-state index in [9.17, 15) is 9.59 Å². The first-order valence-electron chi connectivity index (χ1n) is 9.80. The van der Waals surface area contributed by atoms with Crippen molar-refractivity contribution in [1.29, 1.82) is 5.26 Å². The molecule has 2 aliphatic heterocycles. The van der Waals surface area contributed by atoms with Crippen LogP contribution in [0.25, 0.3) is 0 Å². The van der Waals surface area contributed by atoms with Crippen molar-refractivity contribution in [3.8, 4) is 6.07 Å². The van der Waals surface area contributed by atoms with Crippen LogP contribution in [-0.4, -0.2) is 71.5 Å². The van der Waals surface area contributed by atoms with Gasteiger partial charge < -0.3 is 15.0 Å². The number of pyridine rings is 1. The molecule has 154 valence electrons. The normalized spacial score (nSPS) is 20.3. The molecule has 0 radical (unpaired) electrons. The maximum atomic E-state index is 12.7. The Morgan fingerprint density at radius 1 is 1.30 bits per heavy atom. The van der Waals surface area contributed by atoms with E-state index in [4.69, 9.17) is 10.00 Å². The van der Waals surface area contributed by atoms with Crippen LogP contribution in [0.5, 0.6) is 0 Å². The minimum absolute atomic E-state index is 0.0863. The number of nitrogens with one attached hydrogen (secondary N) is 1. The summed E-state index contributed by atoms with van der Waals surface area (Å²) < 4.78 is 6.06. The number of ether oxygens (including phenoxy) is 1. The van der Waals surface area contributed by atoms with Crippen LogP contribution in [0.4, 0.5) is 0 Å². The highest BCUT2D eigenvalue weighted by molar-refractivity contribution is 5.95. The number of carbonyl (C=O) groups is 2. The number of nitriles is 1. The molecule has 0 bridgehead atoms. The molecular formula is C22H23N5O3. The van der Waals surface area contributed by atoms with Gasteiger partial charge in [-0.1, -0.05) is 12.1 Å². The topological polar surface area (TPSA) is 98.6 Å². The number of rotatable bonds is 4. The van der Waals surface area contributed by atoms with Crippen LogP contribution in [0.2, 0.25) is 0 Å². The summed E-state index contributed by atoms with van der Waals surface area (Å²) in [6.07, 6.45) is 3.42. The molecule has 0 saturated carbocycles. The molecule has 8 heteroatoms. The Bertz CT molecular complexity index is 982. The van der Waals surface area contributed by atoms with Gasteiger partial charge in [-0.15, -0.1) is 0 Å². The lowest BCUT2D eigenvalue weighted by atomic mass is 9.90. The minimum atomic E-state index is -0.447. The number of carbonyl (C=O) groups excluding carboxylic acids is 2. The lowest BCUT2D eigenvalue weighted by molar-refractivity contribution is -0.187. The van der Waals surface area contributed by atoms with Crippen molar-refractivity contribution in [2.24, 2.45) is 0 Å². The van der Waals surface area contributed by atoms with Gasteiger partial charge >= 0.3 is 0 Å². The number of hydrogen-bond donors (Lipinski definition) is 1. The predicted molar refractivity (Wildman–Crippen MR) is 108 cm³/mol. The van der Waals surface area contributed by atoms with Gasteiger partial charge in [-0.05, 0) is 36.9 Å². The summed E-state index contributed by atoms with van der Waals surface area (Å²) in [5.74, 6) is -0.197. The van der Waals surface area contributed by atoms with Crippen molar-refractivity contribution in [3.63, 3.8) is 0 Å². The van der Waals surface area contributed by atoms with Crippen molar-refractivity contribution in [2.75, 3.05) is 33.3 Å². The second kappa shape index (κ2) is 8.22. The van der Waals surface area contributed by atoms with E-state index in [0.717, 1.165) is 5.56 Å². The number of nitrogens with zero attached hydrogens (tertiary/aromatic N) is 4. The SMILES string of the molecule is CN1CC2(CN(C(=O)c3cccc(C#N)c3)C2)OC[C@@H]1C(=O)NCc1cccnc1. The zero-order chi connectivity index (χ0) is 21.1. The third-order valence-electron chi connectivity index (χ3n) is 5.59. The van der Waals surface area contributed by atoms with Gasteiger partial charge in [0, 0.05) is 31.0 Å². The first kappa shape index (κ1) is 20.0. The molecule has 1 aromatic carbocycles.